The van der Waals surface area contributed by atoms with Gasteiger partial charge in [-0.1, -0.05) is 23.9 Å². The lowest BCUT2D eigenvalue weighted by atomic mass is 10.1. The van der Waals surface area contributed by atoms with Crippen molar-refractivity contribution in [2.24, 2.45) is 7.05 Å². The summed E-state index contributed by atoms with van der Waals surface area (Å²) in [7, 11) is 1.97. The minimum atomic E-state index is -0.225. The van der Waals surface area contributed by atoms with E-state index in [1.807, 2.05) is 34.7 Å². The molecule has 6 heteroatoms. The van der Waals surface area contributed by atoms with Gasteiger partial charge in [0.25, 0.3) is 5.91 Å². The lowest BCUT2D eigenvalue weighted by Crippen LogP contribution is -2.35. The second-order valence-electron chi connectivity index (χ2n) is 6.92. The molecule has 140 valence electrons. The number of aromatic nitrogens is 2. The average Bonchev–Trinajstić information content (AvgIpc) is 3.03. The number of halogens is 1. The van der Waals surface area contributed by atoms with Crippen molar-refractivity contribution in [3.05, 3.63) is 59.4 Å². The summed E-state index contributed by atoms with van der Waals surface area (Å²) >= 11 is 1.61. The Balaban J connectivity index is 1.54. The summed E-state index contributed by atoms with van der Waals surface area (Å²) in [5, 5.41) is 0.886. The van der Waals surface area contributed by atoms with Crippen LogP contribution in [0.5, 0.6) is 0 Å². The first-order valence-electron chi connectivity index (χ1n) is 9.25. The van der Waals surface area contributed by atoms with Crippen molar-refractivity contribution in [2.45, 2.75) is 30.2 Å². The second-order valence-corrected chi connectivity index (χ2v) is 7.87. The van der Waals surface area contributed by atoms with E-state index in [1.165, 1.54) is 18.6 Å². The third-order valence-corrected chi connectivity index (χ3v) is 6.11. The standard InChI is InChI=1S/C21H22FN3OS/c1-24-19-13-16(20(26)25-11-3-2-4-12-25)7-10-18(19)23-21(24)27-14-15-5-8-17(22)9-6-15/h5-10,13H,2-4,11-12,14H2,1H3. The number of carbonyl (C=O) groups excluding carboxylic acids is 1. The first kappa shape index (κ1) is 18.0. The summed E-state index contributed by atoms with van der Waals surface area (Å²) < 4.78 is 15.1. The Morgan fingerprint density at radius 3 is 2.59 bits per heavy atom. The van der Waals surface area contributed by atoms with E-state index in [0.717, 1.165) is 59.0 Å². The Morgan fingerprint density at radius 2 is 1.85 bits per heavy atom. The average molecular weight is 383 g/mol. The third kappa shape index (κ3) is 3.86. The van der Waals surface area contributed by atoms with Gasteiger partial charge in [-0.3, -0.25) is 4.79 Å². The Hall–Kier alpha value is -2.34. The van der Waals surface area contributed by atoms with Crippen LogP contribution in [0.3, 0.4) is 0 Å². The van der Waals surface area contributed by atoms with Gasteiger partial charge < -0.3 is 9.47 Å². The molecule has 0 unspecified atom stereocenters. The molecule has 4 nitrogen and oxygen atoms in total. The molecule has 0 aliphatic carbocycles. The number of amides is 1. The summed E-state index contributed by atoms with van der Waals surface area (Å²) in [6, 6.07) is 12.3. The van der Waals surface area contributed by atoms with E-state index in [-0.39, 0.29) is 11.7 Å². The van der Waals surface area contributed by atoms with Gasteiger partial charge >= 0.3 is 0 Å². The Bertz CT molecular complexity index is 961. The van der Waals surface area contributed by atoms with E-state index in [2.05, 4.69) is 4.98 Å². The van der Waals surface area contributed by atoms with Gasteiger partial charge in [-0.15, -0.1) is 0 Å². The summed E-state index contributed by atoms with van der Waals surface area (Å²) in [6.45, 7) is 1.70. The number of imidazole rings is 1. The van der Waals surface area contributed by atoms with Crippen LogP contribution in [0, 0.1) is 5.82 Å². The summed E-state index contributed by atoms with van der Waals surface area (Å²) in [4.78, 5) is 19.4. The lowest BCUT2D eigenvalue weighted by molar-refractivity contribution is 0.0724. The lowest BCUT2D eigenvalue weighted by Gasteiger charge is -2.26. The smallest absolute Gasteiger partial charge is 0.253 e. The molecule has 27 heavy (non-hydrogen) atoms. The van der Waals surface area contributed by atoms with Crippen molar-refractivity contribution in [3.8, 4) is 0 Å². The van der Waals surface area contributed by atoms with Crippen molar-refractivity contribution in [3.63, 3.8) is 0 Å². The van der Waals surface area contributed by atoms with Crippen LogP contribution in [0.25, 0.3) is 11.0 Å². The third-order valence-electron chi connectivity index (χ3n) is 5.01. The highest BCUT2D eigenvalue weighted by molar-refractivity contribution is 7.98. The fraction of sp³-hybridized carbons (Fsp3) is 0.333. The first-order chi connectivity index (χ1) is 13.1. The van der Waals surface area contributed by atoms with Crippen LogP contribution in [0.1, 0.15) is 35.2 Å². The molecule has 0 saturated carbocycles. The molecule has 0 bridgehead atoms. The number of rotatable bonds is 4. The maximum atomic E-state index is 13.0. The van der Waals surface area contributed by atoms with Gasteiger partial charge in [0.05, 0.1) is 11.0 Å². The highest BCUT2D eigenvalue weighted by Crippen LogP contribution is 2.27. The number of hydrogen-bond acceptors (Lipinski definition) is 3. The molecule has 2 aromatic carbocycles. The van der Waals surface area contributed by atoms with Gasteiger partial charge in [-0.2, -0.15) is 0 Å². The largest absolute Gasteiger partial charge is 0.339 e. The molecule has 0 N–H and O–H groups in total. The van der Waals surface area contributed by atoms with E-state index in [0.29, 0.717) is 0 Å². The Kier molecular flexibility index (Phi) is 5.16. The summed E-state index contributed by atoms with van der Waals surface area (Å²) in [6.07, 6.45) is 3.38. The number of nitrogens with zero attached hydrogens (tertiary/aromatic N) is 3. The summed E-state index contributed by atoms with van der Waals surface area (Å²) in [5.74, 6) is 0.604. The van der Waals surface area contributed by atoms with Crippen LogP contribution in [-0.4, -0.2) is 33.4 Å². The molecular weight excluding hydrogens is 361 g/mol. The number of likely N-dealkylation sites (tertiary alicyclic amines) is 1. The van der Waals surface area contributed by atoms with Gasteiger partial charge in [-0.05, 0) is 55.2 Å². The monoisotopic (exact) mass is 383 g/mol. The predicted octanol–water partition coefficient (Wildman–Crippen LogP) is 4.63. The van der Waals surface area contributed by atoms with Crippen LogP contribution in [0.2, 0.25) is 0 Å². The van der Waals surface area contributed by atoms with Crippen molar-refractivity contribution < 1.29 is 9.18 Å². The molecule has 4 rings (SSSR count). The molecule has 1 aliphatic rings. The zero-order valence-electron chi connectivity index (χ0n) is 15.3. The first-order valence-corrected chi connectivity index (χ1v) is 10.2. The molecule has 1 saturated heterocycles. The molecule has 3 aromatic rings. The maximum absolute atomic E-state index is 13.0. The number of fused-ring (bicyclic) bond motifs is 1. The van der Waals surface area contributed by atoms with Gasteiger partial charge in [0.15, 0.2) is 5.16 Å². The van der Waals surface area contributed by atoms with E-state index in [1.54, 1.807) is 23.9 Å². The van der Waals surface area contributed by atoms with E-state index in [4.69, 9.17) is 0 Å². The quantitative estimate of drug-likeness (QED) is 0.617. The number of piperidine rings is 1. The highest BCUT2D eigenvalue weighted by Gasteiger charge is 2.19. The van der Waals surface area contributed by atoms with Crippen LogP contribution in [-0.2, 0) is 12.8 Å². The zero-order chi connectivity index (χ0) is 18.8. The molecule has 1 aromatic heterocycles. The van der Waals surface area contributed by atoms with E-state index in [9.17, 15) is 9.18 Å². The predicted molar refractivity (Wildman–Crippen MR) is 106 cm³/mol. The van der Waals surface area contributed by atoms with Crippen LogP contribution in [0.4, 0.5) is 4.39 Å². The molecule has 1 aliphatic heterocycles. The molecule has 0 atom stereocenters. The highest BCUT2D eigenvalue weighted by atomic mass is 32.2. The number of aryl methyl sites for hydroxylation is 1. The number of carbonyl (C=O) groups is 1. The van der Waals surface area contributed by atoms with Crippen molar-refractivity contribution in [1.29, 1.82) is 0 Å². The van der Waals surface area contributed by atoms with Gasteiger partial charge in [0.1, 0.15) is 5.82 Å². The fourth-order valence-electron chi connectivity index (χ4n) is 3.44. The normalized spacial score (nSPS) is 14.7. The molecular formula is C21H22FN3OS. The molecule has 1 amide bonds. The number of thioether (sulfide) groups is 1. The maximum Gasteiger partial charge on any atom is 0.253 e. The van der Waals surface area contributed by atoms with Gasteiger partial charge in [0, 0.05) is 31.5 Å². The van der Waals surface area contributed by atoms with Crippen molar-refractivity contribution in [2.75, 3.05) is 13.1 Å². The van der Waals surface area contributed by atoms with Gasteiger partial charge in [-0.25, -0.2) is 9.37 Å². The van der Waals surface area contributed by atoms with E-state index >= 15 is 0 Å². The van der Waals surface area contributed by atoms with Crippen molar-refractivity contribution >= 4 is 28.7 Å². The minimum absolute atomic E-state index is 0.110. The molecule has 0 spiro atoms. The van der Waals surface area contributed by atoms with Crippen molar-refractivity contribution in [1.82, 2.24) is 14.5 Å². The summed E-state index contributed by atoms with van der Waals surface area (Å²) in [5.41, 5.74) is 3.62. The number of benzene rings is 2. The van der Waals surface area contributed by atoms with Crippen LogP contribution >= 0.6 is 11.8 Å². The fourth-order valence-corrected chi connectivity index (χ4v) is 4.38. The van der Waals surface area contributed by atoms with Crippen LogP contribution in [0.15, 0.2) is 47.6 Å². The second kappa shape index (κ2) is 7.72. The molecule has 1 fully saturated rings. The zero-order valence-corrected chi connectivity index (χ0v) is 16.1. The van der Waals surface area contributed by atoms with E-state index < -0.39 is 0 Å². The minimum Gasteiger partial charge on any atom is -0.339 e. The van der Waals surface area contributed by atoms with Gasteiger partial charge in [0.2, 0.25) is 0 Å². The Morgan fingerprint density at radius 1 is 1.11 bits per heavy atom. The Labute approximate surface area is 162 Å². The molecule has 2 heterocycles. The van der Waals surface area contributed by atoms with Crippen LogP contribution < -0.4 is 0 Å². The molecule has 0 radical (unpaired) electrons. The topological polar surface area (TPSA) is 38.1 Å². The number of hydrogen-bond donors (Lipinski definition) is 0. The SMILES string of the molecule is Cn1c(SCc2ccc(F)cc2)nc2ccc(C(=O)N3CCCCC3)cc21.